The van der Waals surface area contributed by atoms with E-state index in [2.05, 4.69) is 31.9 Å². The summed E-state index contributed by atoms with van der Waals surface area (Å²) in [6.45, 7) is 0. The third-order valence-corrected chi connectivity index (χ3v) is 4.83. The van der Waals surface area contributed by atoms with Gasteiger partial charge in [-0.1, -0.05) is 56.1 Å². The summed E-state index contributed by atoms with van der Waals surface area (Å²) in [5.41, 5.74) is 0. The molecule has 2 rings (SSSR count). The molecule has 0 amide bonds. The molecule has 0 spiro atoms. The van der Waals surface area contributed by atoms with Crippen LogP contribution in [0, 0.1) is 0 Å². The zero-order valence-corrected chi connectivity index (χ0v) is 12.5. The lowest BCUT2D eigenvalue weighted by molar-refractivity contribution is 0.598. The summed E-state index contributed by atoms with van der Waals surface area (Å²) >= 11 is 6.77. The summed E-state index contributed by atoms with van der Waals surface area (Å²) in [6.07, 6.45) is 0. The van der Waals surface area contributed by atoms with Gasteiger partial charge in [-0.3, -0.25) is 0 Å². The Bertz CT molecular complexity index is 493. The highest BCUT2D eigenvalue weighted by molar-refractivity contribution is 9.10. The van der Waals surface area contributed by atoms with Crippen molar-refractivity contribution >= 4 is 50.3 Å². The fourth-order valence-corrected chi connectivity index (χ4v) is 4.05. The topological polar surface area (TPSA) is 17.1 Å². The first-order valence-electron chi connectivity index (χ1n) is 4.72. The highest BCUT2D eigenvalue weighted by Crippen LogP contribution is 2.22. The molecule has 0 N–H and O–H groups in total. The van der Waals surface area contributed by atoms with Crippen LogP contribution in [0.15, 0.2) is 57.5 Å². The Morgan fingerprint density at radius 1 is 0.812 bits per heavy atom. The highest BCUT2D eigenvalue weighted by atomic mass is 79.9. The Labute approximate surface area is 112 Å². The third-order valence-electron chi connectivity index (χ3n) is 2.17. The van der Waals surface area contributed by atoms with Crippen LogP contribution in [0.1, 0.15) is 0 Å². The van der Waals surface area contributed by atoms with E-state index >= 15 is 0 Å². The summed E-state index contributed by atoms with van der Waals surface area (Å²) in [5.74, 6) is 0. The van der Waals surface area contributed by atoms with Crippen LogP contribution in [-0.2, 0) is 4.57 Å². The standard InChI is InChI=1S/C12H9Br2OP/c13-9-3-1-5-11(7-9)16(15)12-6-2-4-10(14)8-12/h1-8,16H. The maximum absolute atomic E-state index is 12.3. The van der Waals surface area contributed by atoms with E-state index in [9.17, 15) is 4.57 Å². The van der Waals surface area contributed by atoms with Gasteiger partial charge < -0.3 is 4.57 Å². The number of benzene rings is 2. The molecule has 0 saturated carbocycles. The van der Waals surface area contributed by atoms with Crippen molar-refractivity contribution in [1.82, 2.24) is 0 Å². The van der Waals surface area contributed by atoms with Gasteiger partial charge >= 0.3 is 0 Å². The van der Waals surface area contributed by atoms with Crippen molar-refractivity contribution in [3.05, 3.63) is 57.5 Å². The second kappa shape index (κ2) is 5.31. The molecule has 0 bridgehead atoms. The van der Waals surface area contributed by atoms with Gasteiger partial charge in [0.05, 0.1) is 0 Å². The minimum atomic E-state index is -1.90. The molecule has 2 aromatic rings. The van der Waals surface area contributed by atoms with Crippen LogP contribution in [-0.4, -0.2) is 0 Å². The maximum atomic E-state index is 12.3. The molecule has 0 heterocycles. The Balaban J connectivity index is 2.39. The first kappa shape index (κ1) is 12.1. The van der Waals surface area contributed by atoms with Crippen LogP contribution >= 0.6 is 39.7 Å². The van der Waals surface area contributed by atoms with E-state index in [1.165, 1.54) is 0 Å². The van der Waals surface area contributed by atoms with Gasteiger partial charge in [-0.15, -0.1) is 0 Å². The van der Waals surface area contributed by atoms with Crippen LogP contribution in [0.5, 0.6) is 0 Å². The normalized spacial score (nSPS) is 10.7. The van der Waals surface area contributed by atoms with E-state index in [1.54, 1.807) is 0 Å². The summed E-state index contributed by atoms with van der Waals surface area (Å²) in [6, 6.07) is 15.3. The van der Waals surface area contributed by atoms with Gasteiger partial charge in [-0.2, -0.15) is 0 Å². The molecule has 0 saturated heterocycles. The molecule has 0 aliphatic carbocycles. The smallest absolute Gasteiger partial charge is 0.131 e. The van der Waals surface area contributed by atoms with Crippen molar-refractivity contribution in [3.8, 4) is 0 Å². The Morgan fingerprint density at radius 2 is 1.25 bits per heavy atom. The molecule has 0 aliphatic heterocycles. The fraction of sp³-hybridized carbons (Fsp3) is 0. The van der Waals surface area contributed by atoms with Crippen molar-refractivity contribution in [2.75, 3.05) is 0 Å². The average molecular weight is 360 g/mol. The molecular weight excluding hydrogens is 351 g/mol. The van der Waals surface area contributed by atoms with Crippen molar-refractivity contribution in [3.63, 3.8) is 0 Å². The molecule has 0 unspecified atom stereocenters. The predicted molar refractivity (Wildman–Crippen MR) is 76.6 cm³/mol. The molecule has 2 aromatic carbocycles. The lowest BCUT2D eigenvalue weighted by atomic mass is 10.4. The monoisotopic (exact) mass is 358 g/mol. The van der Waals surface area contributed by atoms with Crippen LogP contribution in [0.3, 0.4) is 0 Å². The zero-order chi connectivity index (χ0) is 11.5. The third kappa shape index (κ3) is 2.85. The van der Waals surface area contributed by atoms with Crippen molar-refractivity contribution < 1.29 is 4.57 Å². The van der Waals surface area contributed by atoms with E-state index in [-0.39, 0.29) is 0 Å². The Kier molecular flexibility index (Phi) is 4.01. The van der Waals surface area contributed by atoms with Gasteiger partial charge in [0.25, 0.3) is 0 Å². The summed E-state index contributed by atoms with van der Waals surface area (Å²) in [7, 11) is -1.90. The van der Waals surface area contributed by atoms with Gasteiger partial charge in [0.1, 0.15) is 7.80 Å². The highest BCUT2D eigenvalue weighted by Gasteiger charge is 2.07. The van der Waals surface area contributed by atoms with E-state index in [0.717, 1.165) is 19.6 Å². The zero-order valence-electron chi connectivity index (χ0n) is 8.28. The Hall–Kier alpha value is -0.370. The number of hydrogen-bond acceptors (Lipinski definition) is 1. The van der Waals surface area contributed by atoms with Crippen LogP contribution < -0.4 is 10.6 Å². The molecule has 0 aliphatic rings. The predicted octanol–water partition coefficient (Wildman–Crippen LogP) is 3.72. The van der Waals surface area contributed by atoms with Gasteiger partial charge in [0.2, 0.25) is 0 Å². The fourth-order valence-electron chi connectivity index (χ4n) is 1.43. The molecule has 82 valence electrons. The van der Waals surface area contributed by atoms with Gasteiger partial charge in [-0.25, -0.2) is 0 Å². The van der Waals surface area contributed by atoms with Gasteiger partial charge in [0.15, 0.2) is 0 Å². The van der Waals surface area contributed by atoms with Crippen molar-refractivity contribution in [1.29, 1.82) is 0 Å². The molecule has 1 nitrogen and oxygen atoms in total. The van der Waals surface area contributed by atoms with Crippen LogP contribution in [0.4, 0.5) is 0 Å². The van der Waals surface area contributed by atoms with Crippen molar-refractivity contribution in [2.45, 2.75) is 0 Å². The second-order valence-electron chi connectivity index (χ2n) is 3.35. The van der Waals surface area contributed by atoms with Crippen LogP contribution in [0.2, 0.25) is 0 Å². The molecule has 0 atom stereocenters. The molecule has 16 heavy (non-hydrogen) atoms. The quantitative estimate of drug-likeness (QED) is 0.747. The summed E-state index contributed by atoms with van der Waals surface area (Å²) < 4.78 is 14.2. The van der Waals surface area contributed by atoms with E-state index in [0.29, 0.717) is 0 Å². The molecular formula is C12H9Br2OP. The molecule has 4 heteroatoms. The Morgan fingerprint density at radius 3 is 1.62 bits per heavy atom. The maximum Gasteiger partial charge on any atom is 0.131 e. The SMILES string of the molecule is O=[PH](c1cccc(Br)c1)c1cccc(Br)c1. The lowest BCUT2D eigenvalue weighted by Crippen LogP contribution is -2.06. The minimum Gasteiger partial charge on any atom is -0.317 e. The van der Waals surface area contributed by atoms with E-state index in [4.69, 9.17) is 0 Å². The van der Waals surface area contributed by atoms with E-state index < -0.39 is 7.80 Å². The van der Waals surface area contributed by atoms with E-state index in [1.807, 2.05) is 48.5 Å². The van der Waals surface area contributed by atoms with Gasteiger partial charge in [-0.05, 0) is 24.3 Å². The number of rotatable bonds is 2. The largest absolute Gasteiger partial charge is 0.317 e. The molecule has 0 fully saturated rings. The summed E-state index contributed by atoms with van der Waals surface area (Å²) in [5, 5.41) is 1.75. The first-order chi connectivity index (χ1) is 7.66. The lowest BCUT2D eigenvalue weighted by Gasteiger charge is -2.03. The number of halogens is 2. The van der Waals surface area contributed by atoms with Crippen LogP contribution in [0.25, 0.3) is 0 Å². The number of hydrogen-bond donors (Lipinski definition) is 0. The molecule has 0 radical (unpaired) electrons. The van der Waals surface area contributed by atoms with Gasteiger partial charge in [0, 0.05) is 19.6 Å². The average Bonchev–Trinajstić information content (AvgIpc) is 2.28. The summed E-state index contributed by atoms with van der Waals surface area (Å²) in [4.78, 5) is 0. The van der Waals surface area contributed by atoms with Crippen molar-refractivity contribution in [2.24, 2.45) is 0 Å². The minimum absolute atomic E-state index is 0.873. The first-order valence-corrected chi connectivity index (χ1v) is 7.72. The molecule has 0 aromatic heterocycles. The second-order valence-corrected chi connectivity index (χ2v) is 6.99.